The van der Waals surface area contributed by atoms with Gasteiger partial charge in [-0.05, 0) is 102 Å². The molecule has 7 nitrogen and oxygen atoms in total. The fourth-order valence-electron chi connectivity index (χ4n) is 6.14. The number of rotatable bonds is 6. The molecule has 0 spiro atoms. The monoisotopic (exact) mass is 604 g/mol. The first-order valence-electron chi connectivity index (χ1n) is 13.9. The smallest absolute Gasteiger partial charge is 0.419 e. The van der Waals surface area contributed by atoms with Crippen LogP contribution in [0, 0.1) is 5.41 Å². The number of ether oxygens (including phenoxy) is 2. The molecule has 1 atom stereocenters. The third kappa shape index (κ3) is 5.74. The number of benzene rings is 3. The molecule has 3 aromatic carbocycles. The fraction of sp³-hybridized carbons (Fsp3) is 0.452. The molecule has 11 heteroatoms. The van der Waals surface area contributed by atoms with E-state index in [-0.39, 0.29) is 15.8 Å². The van der Waals surface area contributed by atoms with Crippen LogP contribution in [0.5, 0.6) is 5.75 Å². The average Bonchev–Trinajstić information content (AvgIpc) is 3.38. The summed E-state index contributed by atoms with van der Waals surface area (Å²) in [7, 11) is -3.33. The number of halogens is 3. The molecule has 0 saturated heterocycles. The highest BCUT2D eigenvalue weighted by Crippen LogP contribution is 2.44. The first kappa shape index (κ1) is 30.3. The van der Waals surface area contributed by atoms with Crippen LogP contribution in [-0.4, -0.2) is 32.3 Å². The Morgan fingerprint density at radius 3 is 2.07 bits per heavy atom. The van der Waals surface area contributed by atoms with Gasteiger partial charge in [0.2, 0.25) is 6.29 Å². The molecular weight excluding hydrogens is 571 g/mol. The number of hydrogen-bond acceptors (Lipinski definition) is 6. The van der Waals surface area contributed by atoms with Gasteiger partial charge in [-0.15, -0.1) is 0 Å². The standard InChI is InChI=1S/C31H34F3NO6S/c1-30(2,3)29(40-4)41-25-16-19-14-18(13-12-17(19)15-24(25)31(32,33)34)28(36)35-26-20-8-5-6-9-22(20)27(42(37,38)39)23-11-7-10-21(23)26/h12-16,29H,5-11H2,1-4H3,(H,35,36)(H,37,38,39)/p-1. The van der Waals surface area contributed by atoms with Crippen LogP contribution >= 0.6 is 0 Å². The second kappa shape index (κ2) is 10.8. The quantitative estimate of drug-likeness (QED) is 0.246. The van der Waals surface area contributed by atoms with Crippen molar-refractivity contribution in [1.29, 1.82) is 0 Å². The van der Waals surface area contributed by atoms with E-state index in [1.165, 1.54) is 31.4 Å². The Kier molecular flexibility index (Phi) is 7.83. The van der Waals surface area contributed by atoms with E-state index in [2.05, 4.69) is 5.32 Å². The highest BCUT2D eigenvalue weighted by Gasteiger charge is 2.37. The topological polar surface area (TPSA) is 105 Å². The number of anilines is 1. The van der Waals surface area contributed by atoms with Crippen LogP contribution in [0.25, 0.3) is 10.8 Å². The zero-order valence-corrected chi connectivity index (χ0v) is 24.7. The summed E-state index contributed by atoms with van der Waals surface area (Å²) in [6.45, 7) is 5.35. The Morgan fingerprint density at radius 2 is 1.50 bits per heavy atom. The maximum absolute atomic E-state index is 14.0. The summed E-state index contributed by atoms with van der Waals surface area (Å²) in [6.07, 6.45) is -1.47. The van der Waals surface area contributed by atoms with Crippen LogP contribution in [0.3, 0.4) is 0 Å². The average molecular weight is 605 g/mol. The van der Waals surface area contributed by atoms with Crippen molar-refractivity contribution in [3.63, 3.8) is 0 Å². The fourth-order valence-corrected chi connectivity index (χ4v) is 7.19. The van der Waals surface area contributed by atoms with E-state index in [0.29, 0.717) is 65.4 Å². The van der Waals surface area contributed by atoms with Crippen molar-refractivity contribution in [1.82, 2.24) is 0 Å². The van der Waals surface area contributed by atoms with Gasteiger partial charge in [0.1, 0.15) is 15.9 Å². The van der Waals surface area contributed by atoms with Gasteiger partial charge in [-0.1, -0.05) is 26.8 Å². The molecule has 0 aliphatic heterocycles. The lowest BCUT2D eigenvalue weighted by Gasteiger charge is -2.30. The van der Waals surface area contributed by atoms with Crippen molar-refractivity contribution in [3.8, 4) is 5.75 Å². The Bertz CT molecular complexity index is 1680. The number of alkyl halides is 3. The molecule has 0 saturated carbocycles. The van der Waals surface area contributed by atoms with Gasteiger partial charge in [0.15, 0.2) is 0 Å². The van der Waals surface area contributed by atoms with Gasteiger partial charge in [0.05, 0.1) is 10.5 Å². The minimum absolute atomic E-state index is 0.119. The highest BCUT2D eigenvalue weighted by molar-refractivity contribution is 7.85. The molecule has 2 aliphatic rings. The molecule has 3 aromatic rings. The summed E-state index contributed by atoms with van der Waals surface area (Å²) in [5.74, 6) is -0.890. The molecule has 0 aromatic heterocycles. The van der Waals surface area contributed by atoms with E-state index in [9.17, 15) is 30.9 Å². The normalized spacial score (nSPS) is 16.2. The molecular formula is C31H33F3NO6S-. The Labute approximate surface area is 243 Å². The molecule has 0 heterocycles. The number of methoxy groups -OCH3 is 1. The SMILES string of the molecule is COC(Oc1cc2cc(C(=O)Nc3c4c(c(S(=O)(=O)[O-])c5c3CCC5)CCCC4)ccc2cc1C(F)(F)F)C(C)(C)C. The van der Waals surface area contributed by atoms with Crippen LogP contribution in [0.15, 0.2) is 35.2 Å². The van der Waals surface area contributed by atoms with Gasteiger partial charge >= 0.3 is 6.18 Å². The zero-order valence-electron chi connectivity index (χ0n) is 23.9. The Morgan fingerprint density at radius 1 is 0.905 bits per heavy atom. The van der Waals surface area contributed by atoms with Crippen LogP contribution in [0.1, 0.15) is 78.2 Å². The van der Waals surface area contributed by atoms with E-state index in [1.54, 1.807) is 20.8 Å². The molecule has 1 N–H and O–H groups in total. The van der Waals surface area contributed by atoms with E-state index >= 15 is 0 Å². The maximum atomic E-state index is 14.0. The van der Waals surface area contributed by atoms with Gasteiger partial charge in [0, 0.05) is 23.8 Å². The third-order valence-electron chi connectivity index (χ3n) is 7.99. The summed E-state index contributed by atoms with van der Waals surface area (Å²) < 4.78 is 89.8. The molecule has 0 fully saturated rings. The lowest BCUT2D eigenvalue weighted by atomic mass is 9.86. The third-order valence-corrected chi connectivity index (χ3v) is 8.98. The molecule has 1 amide bonds. The molecule has 5 rings (SSSR count). The summed E-state index contributed by atoms with van der Waals surface area (Å²) in [4.78, 5) is 13.5. The minimum atomic E-state index is -4.69. The van der Waals surface area contributed by atoms with Crippen molar-refractivity contribution in [2.75, 3.05) is 12.4 Å². The molecule has 42 heavy (non-hydrogen) atoms. The number of amides is 1. The predicted molar refractivity (Wildman–Crippen MR) is 151 cm³/mol. The molecule has 2 aliphatic carbocycles. The Hall–Kier alpha value is -3.15. The van der Waals surface area contributed by atoms with Crippen LogP contribution in [-0.2, 0) is 46.7 Å². The number of fused-ring (bicyclic) bond motifs is 3. The van der Waals surface area contributed by atoms with Gasteiger partial charge in [-0.3, -0.25) is 4.79 Å². The number of hydrogen-bond donors (Lipinski definition) is 1. The van der Waals surface area contributed by atoms with Crippen LogP contribution in [0.4, 0.5) is 18.9 Å². The number of carbonyl (C=O) groups excluding carboxylic acids is 1. The van der Waals surface area contributed by atoms with Gasteiger partial charge in [-0.2, -0.15) is 13.2 Å². The summed E-state index contributed by atoms with van der Waals surface area (Å²) in [5.41, 5.74) is 1.55. The lowest BCUT2D eigenvalue weighted by Crippen LogP contribution is -2.34. The minimum Gasteiger partial charge on any atom is -0.744 e. The van der Waals surface area contributed by atoms with Gasteiger partial charge in [-0.25, -0.2) is 8.42 Å². The van der Waals surface area contributed by atoms with Crippen molar-refractivity contribution in [3.05, 3.63) is 63.7 Å². The van der Waals surface area contributed by atoms with Gasteiger partial charge < -0.3 is 19.3 Å². The number of nitrogens with one attached hydrogen (secondary N) is 1. The summed E-state index contributed by atoms with van der Waals surface area (Å²) >= 11 is 0. The predicted octanol–water partition coefficient (Wildman–Crippen LogP) is 6.78. The molecule has 1 unspecified atom stereocenters. The van der Waals surface area contributed by atoms with Crippen LogP contribution < -0.4 is 10.1 Å². The molecule has 0 bridgehead atoms. The number of carbonyl (C=O) groups is 1. The molecule has 0 radical (unpaired) electrons. The first-order chi connectivity index (χ1) is 19.6. The van der Waals surface area contributed by atoms with Gasteiger partial charge in [0.25, 0.3) is 5.91 Å². The summed E-state index contributed by atoms with van der Waals surface area (Å²) in [5, 5.41) is 3.62. The van der Waals surface area contributed by atoms with E-state index in [1.807, 2.05) is 0 Å². The summed E-state index contributed by atoms with van der Waals surface area (Å²) in [6, 6.07) is 6.66. The van der Waals surface area contributed by atoms with Crippen molar-refractivity contribution >= 4 is 32.5 Å². The van der Waals surface area contributed by atoms with E-state index in [0.717, 1.165) is 18.9 Å². The second-order valence-electron chi connectivity index (χ2n) is 12.0. The first-order valence-corrected chi connectivity index (χ1v) is 15.3. The molecule has 226 valence electrons. The van der Waals surface area contributed by atoms with Crippen LogP contribution in [0.2, 0.25) is 0 Å². The van der Waals surface area contributed by atoms with Crippen molar-refractivity contribution in [2.45, 2.75) is 83.1 Å². The van der Waals surface area contributed by atoms with Crippen molar-refractivity contribution < 1.29 is 40.4 Å². The zero-order chi connectivity index (χ0) is 30.6. The second-order valence-corrected chi connectivity index (χ2v) is 13.4. The van der Waals surface area contributed by atoms with Crippen molar-refractivity contribution in [2.24, 2.45) is 5.41 Å². The lowest BCUT2D eigenvalue weighted by molar-refractivity contribution is -0.148. The largest absolute Gasteiger partial charge is 0.744 e. The highest BCUT2D eigenvalue weighted by atomic mass is 32.2. The Balaban J connectivity index is 1.56. The van der Waals surface area contributed by atoms with E-state index < -0.39 is 45.2 Å². The van der Waals surface area contributed by atoms with E-state index in [4.69, 9.17) is 9.47 Å². The maximum Gasteiger partial charge on any atom is 0.419 e.